The number of amides is 1. The monoisotopic (exact) mass is 406 g/mol. The van der Waals surface area contributed by atoms with Gasteiger partial charge in [0.2, 0.25) is 15.9 Å². The molecule has 0 aromatic heterocycles. The molecule has 0 radical (unpaired) electrons. The van der Waals surface area contributed by atoms with Gasteiger partial charge in [0.05, 0.1) is 16.9 Å². The molecule has 0 saturated carbocycles. The van der Waals surface area contributed by atoms with E-state index in [0.29, 0.717) is 18.0 Å². The molecule has 5 nitrogen and oxygen atoms in total. The van der Waals surface area contributed by atoms with Gasteiger partial charge in [0.1, 0.15) is 0 Å². The van der Waals surface area contributed by atoms with Gasteiger partial charge in [-0.15, -0.1) is 0 Å². The highest BCUT2D eigenvalue weighted by molar-refractivity contribution is 7.92. The summed E-state index contributed by atoms with van der Waals surface area (Å²) in [5.74, 6) is -0.356. The van der Waals surface area contributed by atoms with E-state index in [1.54, 1.807) is 38.1 Å². The van der Waals surface area contributed by atoms with Gasteiger partial charge in [0.25, 0.3) is 0 Å². The predicted molar refractivity (Wildman–Crippen MR) is 109 cm³/mol. The van der Waals surface area contributed by atoms with Gasteiger partial charge in [0, 0.05) is 18.1 Å². The molecule has 1 heterocycles. The number of nitrogens with one attached hydrogen (secondary N) is 1. The van der Waals surface area contributed by atoms with Crippen LogP contribution in [0, 0.1) is 0 Å². The van der Waals surface area contributed by atoms with Crippen molar-refractivity contribution in [3.63, 3.8) is 0 Å². The van der Waals surface area contributed by atoms with Crippen LogP contribution in [0.25, 0.3) is 0 Å². The normalized spacial score (nSPS) is 14.1. The fourth-order valence-electron chi connectivity index (χ4n) is 3.22. The van der Waals surface area contributed by atoms with Crippen LogP contribution >= 0.6 is 11.6 Å². The van der Waals surface area contributed by atoms with Gasteiger partial charge in [0.15, 0.2) is 0 Å². The summed E-state index contributed by atoms with van der Waals surface area (Å²) in [7, 11) is -3.48. The molecule has 1 aliphatic heterocycles. The molecule has 0 spiro atoms. The number of halogens is 1. The van der Waals surface area contributed by atoms with Crippen LogP contribution in [-0.2, 0) is 26.7 Å². The minimum absolute atomic E-state index is 0.0663. The number of carbonyl (C=O) groups excluding carboxylic acids is 1. The van der Waals surface area contributed by atoms with Crippen LogP contribution in [0.4, 0.5) is 5.69 Å². The van der Waals surface area contributed by atoms with Crippen molar-refractivity contribution in [2.75, 3.05) is 23.1 Å². The molecule has 0 bridgehead atoms. The smallest absolute Gasteiger partial charge is 0.236 e. The van der Waals surface area contributed by atoms with E-state index in [4.69, 9.17) is 11.6 Å². The lowest BCUT2D eigenvalue weighted by Gasteiger charge is -2.25. The summed E-state index contributed by atoms with van der Waals surface area (Å²) >= 11 is 5.90. The molecule has 2 aromatic carbocycles. The third-order valence-corrected chi connectivity index (χ3v) is 6.98. The van der Waals surface area contributed by atoms with E-state index in [1.165, 1.54) is 4.31 Å². The summed E-state index contributed by atoms with van der Waals surface area (Å²) in [6.07, 6.45) is 0.714. The van der Waals surface area contributed by atoms with E-state index in [1.807, 2.05) is 24.3 Å². The van der Waals surface area contributed by atoms with Crippen LogP contribution in [-0.4, -0.2) is 33.2 Å². The standard InChI is InChI=1S/C20H23ClN2O3S/c1-20(2,16-7-9-17(21)10-8-16)19(24)22-12-14-27(25,26)23-13-11-15-5-3-4-6-18(15)23/h3-10H,11-14H2,1-2H3,(H,22,24). The van der Waals surface area contributed by atoms with E-state index < -0.39 is 15.4 Å². The molecule has 1 amide bonds. The highest BCUT2D eigenvalue weighted by Gasteiger charge is 2.31. The molecule has 7 heteroatoms. The van der Waals surface area contributed by atoms with E-state index in [0.717, 1.165) is 16.8 Å². The third kappa shape index (κ3) is 4.12. The highest BCUT2D eigenvalue weighted by atomic mass is 35.5. The zero-order valence-electron chi connectivity index (χ0n) is 15.4. The third-order valence-electron chi connectivity index (χ3n) is 4.96. The van der Waals surface area contributed by atoms with E-state index in [2.05, 4.69) is 5.32 Å². The highest BCUT2D eigenvalue weighted by Crippen LogP contribution is 2.30. The minimum atomic E-state index is -3.48. The molecule has 1 aliphatic rings. The number of sulfonamides is 1. The number of anilines is 1. The Kier molecular flexibility index (Phi) is 5.49. The second-order valence-corrected chi connectivity index (χ2v) is 9.60. The first-order valence-corrected chi connectivity index (χ1v) is 10.8. The Labute approximate surface area is 165 Å². The van der Waals surface area contributed by atoms with Crippen molar-refractivity contribution in [3.8, 4) is 0 Å². The maximum atomic E-state index is 12.7. The van der Waals surface area contributed by atoms with Crippen molar-refractivity contribution in [1.82, 2.24) is 5.32 Å². The van der Waals surface area contributed by atoms with Crippen LogP contribution in [0.1, 0.15) is 25.0 Å². The lowest BCUT2D eigenvalue weighted by molar-refractivity contribution is -0.125. The molecule has 2 aromatic rings. The van der Waals surface area contributed by atoms with Crippen LogP contribution in [0.3, 0.4) is 0 Å². The first-order valence-electron chi connectivity index (χ1n) is 8.84. The van der Waals surface area contributed by atoms with E-state index in [-0.39, 0.29) is 18.2 Å². The second-order valence-electron chi connectivity index (χ2n) is 7.15. The molecule has 0 fully saturated rings. The maximum Gasteiger partial charge on any atom is 0.236 e. The summed E-state index contributed by atoms with van der Waals surface area (Å²) in [4.78, 5) is 12.6. The fourth-order valence-corrected chi connectivity index (χ4v) is 4.77. The van der Waals surface area contributed by atoms with Crippen LogP contribution < -0.4 is 9.62 Å². The Balaban J connectivity index is 1.62. The van der Waals surface area contributed by atoms with Gasteiger partial charge < -0.3 is 5.32 Å². The lowest BCUT2D eigenvalue weighted by atomic mass is 9.84. The van der Waals surface area contributed by atoms with Crippen molar-refractivity contribution in [2.45, 2.75) is 25.7 Å². The van der Waals surface area contributed by atoms with Crippen molar-refractivity contribution in [3.05, 3.63) is 64.7 Å². The number of nitrogens with zero attached hydrogens (tertiary/aromatic N) is 1. The van der Waals surface area contributed by atoms with Crippen molar-refractivity contribution < 1.29 is 13.2 Å². The van der Waals surface area contributed by atoms with Crippen LogP contribution in [0.15, 0.2) is 48.5 Å². The molecule has 0 saturated heterocycles. The van der Waals surface area contributed by atoms with Crippen molar-refractivity contribution >= 4 is 33.2 Å². The molecule has 27 heavy (non-hydrogen) atoms. The summed E-state index contributed by atoms with van der Waals surface area (Å²) < 4.78 is 26.8. The SMILES string of the molecule is CC(C)(C(=O)NCCS(=O)(=O)N1CCc2ccccc21)c1ccc(Cl)cc1. The molecule has 0 aliphatic carbocycles. The number of carbonyl (C=O) groups is 1. The average Bonchev–Trinajstić information content (AvgIpc) is 3.07. The zero-order chi connectivity index (χ0) is 19.7. The summed E-state index contributed by atoms with van der Waals surface area (Å²) in [5.41, 5.74) is 1.81. The van der Waals surface area contributed by atoms with E-state index >= 15 is 0 Å². The quantitative estimate of drug-likeness (QED) is 0.801. The number of para-hydroxylation sites is 1. The minimum Gasteiger partial charge on any atom is -0.354 e. The Morgan fingerprint density at radius 2 is 1.81 bits per heavy atom. The summed E-state index contributed by atoms with van der Waals surface area (Å²) in [6, 6.07) is 14.6. The Bertz CT molecular complexity index is 940. The number of hydrogen-bond acceptors (Lipinski definition) is 3. The van der Waals surface area contributed by atoms with Crippen LogP contribution in [0.2, 0.25) is 5.02 Å². The maximum absolute atomic E-state index is 12.7. The largest absolute Gasteiger partial charge is 0.354 e. The molecule has 1 N–H and O–H groups in total. The first-order chi connectivity index (χ1) is 12.7. The predicted octanol–water partition coefficient (Wildman–Crippen LogP) is 3.13. The molecule has 144 valence electrons. The Hall–Kier alpha value is -2.05. The number of fused-ring (bicyclic) bond motifs is 1. The van der Waals surface area contributed by atoms with Crippen LogP contribution in [0.5, 0.6) is 0 Å². The molecular weight excluding hydrogens is 384 g/mol. The lowest BCUT2D eigenvalue weighted by Crippen LogP contribution is -2.43. The number of benzene rings is 2. The van der Waals surface area contributed by atoms with Gasteiger partial charge in [-0.25, -0.2) is 8.42 Å². The topological polar surface area (TPSA) is 66.5 Å². The molecule has 3 rings (SSSR count). The summed E-state index contributed by atoms with van der Waals surface area (Å²) in [6.45, 7) is 4.12. The molecular formula is C20H23ClN2O3S. The average molecular weight is 407 g/mol. The number of rotatable bonds is 6. The van der Waals surface area contributed by atoms with Gasteiger partial charge in [-0.2, -0.15) is 0 Å². The van der Waals surface area contributed by atoms with Gasteiger partial charge in [-0.05, 0) is 49.6 Å². The van der Waals surface area contributed by atoms with Crippen molar-refractivity contribution in [2.24, 2.45) is 0 Å². The molecule has 0 unspecified atom stereocenters. The van der Waals surface area contributed by atoms with Gasteiger partial charge in [-0.3, -0.25) is 9.10 Å². The van der Waals surface area contributed by atoms with E-state index in [9.17, 15) is 13.2 Å². The Morgan fingerprint density at radius 1 is 1.15 bits per heavy atom. The molecule has 0 atom stereocenters. The number of hydrogen-bond donors (Lipinski definition) is 1. The summed E-state index contributed by atoms with van der Waals surface area (Å²) in [5, 5.41) is 3.37. The van der Waals surface area contributed by atoms with Gasteiger partial charge in [-0.1, -0.05) is 41.9 Å². The second kappa shape index (κ2) is 7.52. The van der Waals surface area contributed by atoms with Gasteiger partial charge >= 0.3 is 0 Å². The van der Waals surface area contributed by atoms with Crippen molar-refractivity contribution in [1.29, 1.82) is 0 Å². The fraction of sp³-hybridized carbons (Fsp3) is 0.350. The zero-order valence-corrected chi connectivity index (χ0v) is 17.0. The Morgan fingerprint density at radius 3 is 2.52 bits per heavy atom. The first kappa shape index (κ1) is 19.7.